The van der Waals surface area contributed by atoms with E-state index in [-0.39, 0.29) is 18.2 Å². The summed E-state index contributed by atoms with van der Waals surface area (Å²) in [7, 11) is 1.50. The van der Waals surface area contributed by atoms with Crippen molar-refractivity contribution in [2.75, 3.05) is 13.6 Å². The number of hydrogen-bond donors (Lipinski definition) is 5. The molecule has 172 valence electrons. The Bertz CT molecular complexity index is 711. The lowest BCUT2D eigenvalue weighted by atomic mass is 9.95. The van der Waals surface area contributed by atoms with E-state index in [0.29, 0.717) is 38.6 Å². The Morgan fingerprint density at radius 2 is 1.71 bits per heavy atom. The molecular formula is C22H34N4O5. The van der Waals surface area contributed by atoms with Crippen LogP contribution in [0.3, 0.4) is 0 Å². The number of amides is 4. The maximum atomic E-state index is 12.9. The second kappa shape index (κ2) is 15.0. The number of hydroxylamine groups is 1. The smallest absolute Gasteiger partial charge is 0.244 e. The van der Waals surface area contributed by atoms with E-state index in [4.69, 9.17) is 5.21 Å². The third kappa shape index (κ3) is 10.6. The molecule has 1 aromatic carbocycles. The Kier molecular flexibility index (Phi) is 12.6. The number of hydrogen-bond acceptors (Lipinski definition) is 5. The van der Waals surface area contributed by atoms with Gasteiger partial charge in [0.2, 0.25) is 23.6 Å². The van der Waals surface area contributed by atoms with Crippen LogP contribution in [0.1, 0.15) is 51.0 Å². The van der Waals surface area contributed by atoms with Crippen LogP contribution in [0.4, 0.5) is 0 Å². The third-order valence-corrected chi connectivity index (χ3v) is 4.87. The largest absolute Gasteiger partial charge is 0.357 e. The average Bonchev–Trinajstić information content (AvgIpc) is 2.77. The summed E-state index contributed by atoms with van der Waals surface area (Å²) in [6.45, 7) is 2.42. The number of likely N-dealkylation sites (N-methyl/N-ethyl adjacent to an activating group) is 1. The Morgan fingerprint density at radius 3 is 2.32 bits per heavy atom. The van der Waals surface area contributed by atoms with Gasteiger partial charge in [-0.2, -0.15) is 0 Å². The van der Waals surface area contributed by atoms with Gasteiger partial charge in [-0.05, 0) is 24.8 Å². The second-order valence-corrected chi connectivity index (χ2v) is 7.40. The van der Waals surface area contributed by atoms with Crippen molar-refractivity contribution >= 4 is 23.6 Å². The van der Waals surface area contributed by atoms with Crippen molar-refractivity contribution in [3.05, 3.63) is 35.9 Å². The van der Waals surface area contributed by atoms with Crippen LogP contribution in [-0.4, -0.2) is 48.5 Å². The quantitative estimate of drug-likeness (QED) is 0.169. The number of benzene rings is 1. The highest BCUT2D eigenvalue weighted by atomic mass is 16.5. The fourth-order valence-electron chi connectivity index (χ4n) is 3.18. The third-order valence-electron chi connectivity index (χ3n) is 4.87. The number of nitrogens with one attached hydrogen (secondary N) is 4. The van der Waals surface area contributed by atoms with Gasteiger partial charge in [-0.15, -0.1) is 0 Å². The molecule has 0 radical (unpaired) electrons. The van der Waals surface area contributed by atoms with Crippen LogP contribution in [0.2, 0.25) is 0 Å². The minimum atomic E-state index is -0.784. The van der Waals surface area contributed by atoms with Crippen LogP contribution in [0.25, 0.3) is 0 Å². The van der Waals surface area contributed by atoms with E-state index in [2.05, 4.69) is 16.0 Å². The predicted octanol–water partition coefficient (Wildman–Crippen LogP) is 1.06. The lowest BCUT2D eigenvalue weighted by Gasteiger charge is -2.22. The summed E-state index contributed by atoms with van der Waals surface area (Å²) >= 11 is 0. The summed E-state index contributed by atoms with van der Waals surface area (Å²) in [5.74, 6) is -2.15. The Labute approximate surface area is 183 Å². The van der Waals surface area contributed by atoms with E-state index in [1.165, 1.54) is 7.05 Å². The molecule has 0 aliphatic heterocycles. The van der Waals surface area contributed by atoms with Crippen LogP contribution in [0.15, 0.2) is 30.3 Å². The van der Waals surface area contributed by atoms with Crippen molar-refractivity contribution in [1.82, 2.24) is 21.4 Å². The van der Waals surface area contributed by atoms with Gasteiger partial charge in [0.1, 0.15) is 6.04 Å². The van der Waals surface area contributed by atoms with Crippen molar-refractivity contribution < 1.29 is 24.4 Å². The molecule has 4 amide bonds. The zero-order valence-electron chi connectivity index (χ0n) is 18.3. The van der Waals surface area contributed by atoms with Gasteiger partial charge in [0.05, 0.1) is 0 Å². The van der Waals surface area contributed by atoms with Gasteiger partial charge in [-0.25, -0.2) is 5.48 Å². The van der Waals surface area contributed by atoms with Crippen molar-refractivity contribution in [3.63, 3.8) is 0 Å². The minimum absolute atomic E-state index is 0.00853. The highest BCUT2D eigenvalue weighted by Crippen LogP contribution is 2.14. The molecule has 0 unspecified atom stereocenters. The molecule has 0 spiro atoms. The normalized spacial score (nSPS) is 12.4. The number of unbranched alkanes of at least 4 members (excludes halogenated alkanes) is 1. The molecule has 0 aromatic heterocycles. The lowest BCUT2D eigenvalue weighted by molar-refractivity contribution is -0.136. The molecule has 5 N–H and O–H groups in total. The number of rotatable bonds is 14. The summed E-state index contributed by atoms with van der Waals surface area (Å²) in [6, 6.07) is 8.52. The summed E-state index contributed by atoms with van der Waals surface area (Å²) in [5.41, 5.74) is 2.45. The molecule has 0 fully saturated rings. The first-order valence-corrected chi connectivity index (χ1v) is 10.7. The second-order valence-electron chi connectivity index (χ2n) is 7.40. The summed E-state index contributed by atoms with van der Waals surface area (Å²) in [4.78, 5) is 48.3. The zero-order chi connectivity index (χ0) is 23.1. The van der Waals surface area contributed by atoms with E-state index in [0.717, 1.165) is 12.0 Å². The zero-order valence-corrected chi connectivity index (χ0v) is 18.3. The van der Waals surface area contributed by atoms with Gasteiger partial charge >= 0.3 is 0 Å². The number of carbonyl (C=O) groups excluding carboxylic acids is 4. The van der Waals surface area contributed by atoms with E-state index in [1.54, 1.807) is 5.48 Å². The van der Waals surface area contributed by atoms with Gasteiger partial charge in [-0.3, -0.25) is 24.4 Å². The van der Waals surface area contributed by atoms with E-state index < -0.39 is 23.8 Å². The van der Waals surface area contributed by atoms with Gasteiger partial charge in [0.15, 0.2) is 0 Å². The molecule has 2 atom stereocenters. The van der Waals surface area contributed by atoms with Crippen molar-refractivity contribution in [2.24, 2.45) is 5.92 Å². The fourth-order valence-corrected chi connectivity index (χ4v) is 3.18. The maximum absolute atomic E-state index is 12.9. The highest BCUT2D eigenvalue weighted by Gasteiger charge is 2.26. The molecule has 0 aliphatic rings. The summed E-state index contributed by atoms with van der Waals surface area (Å²) in [5, 5.41) is 16.9. The molecule has 1 aromatic rings. The lowest BCUT2D eigenvalue weighted by Crippen LogP contribution is -2.49. The Balaban J connectivity index is 2.69. The SMILES string of the molecule is CCCC(=O)NCCCC[C@H](CC(=O)NO)C(=O)N[C@@H](Cc1ccccc1)C(=O)NC. The van der Waals surface area contributed by atoms with Crippen molar-refractivity contribution in [1.29, 1.82) is 0 Å². The molecule has 0 heterocycles. The highest BCUT2D eigenvalue weighted by molar-refractivity contribution is 5.90. The standard InChI is InChI=1S/C22H34N4O5/c1-3-9-19(27)24-13-8-7-12-17(15-20(28)26-31)21(29)25-18(22(30)23-2)14-16-10-5-4-6-11-16/h4-6,10-11,17-18,31H,3,7-9,12-15H2,1-2H3,(H,23,30)(H,24,27)(H,25,29)(H,26,28)/t17-,18+/m1/s1. The van der Waals surface area contributed by atoms with Gasteiger partial charge in [-0.1, -0.05) is 43.7 Å². The van der Waals surface area contributed by atoms with Crippen LogP contribution in [0.5, 0.6) is 0 Å². The summed E-state index contributed by atoms with van der Waals surface area (Å²) in [6.07, 6.45) is 3.01. The molecule has 31 heavy (non-hydrogen) atoms. The first-order valence-electron chi connectivity index (χ1n) is 10.7. The van der Waals surface area contributed by atoms with Crippen LogP contribution >= 0.6 is 0 Å². The van der Waals surface area contributed by atoms with Crippen LogP contribution in [0, 0.1) is 5.92 Å². The van der Waals surface area contributed by atoms with E-state index in [9.17, 15) is 19.2 Å². The topological polar surface area (TPSA) is 137 Å². The monoisotopic (exact) mass is 434 g/mol. The molecule has 0 bridgehead atoms. The maximum Gasteiger partial charge on any atom is 0.244 e. The molecule has 0 aliphatic carbocycles. The van der Waals surface area contributed by atoms with E-state index in [1.807, 2.05) is 37.3 Å². The van der Waals surface area contributed by atoms with Gasteiger partial charge in [0, 0.05) is 38.8 Å². The van der Waals surface area contributed by atoms with Crippen molar-refractivity contribution in [2.45, 2.75) is 57.9 Å². The number of carbonyl (C=O) groups is 4. The molecule has 0 saturated heterocycles. The van der Waals surface area contributed by atoms with Gasteiger partial charge in [0.25, 0.3) is 0 Å². The first-order chi connectivity index (χ1) is 14.9. The Hall–Kier alpha value is -2.94. The van der Waals surface area contributed by atoms with Crippen molar-refractivity contribution in [3.8, 4) is 0 Å². The average molecular weight is 435 g/mol. The molecular weight excluding hydrogens is 400 g/mol. The van der Waals surface area contributed by atoms with Crippen LogP contribution in [-0.2, 0) is 25.6 Å². The molecule has 9 nitrogen and oxygen atoms in total. The Morgan fingerprint density at radius 1 is 1.00 bits per heavy atom. The molecule has 1 rings (SSSR count). The predicted molar refractivity (Wildman–Crippen MR) is 116 cm³/mol. The van der Waals surface area contributed by atoms with Gasteiger partial charge < -0.3 is 16.0 Å². The minimum Gasteiger partial charge on any atom is -0.357 e. The molecule has 9 heteroatoms. The fraction of sp³-hybridized carbons (Fsp3) is 0.545. The van der Waals surface area contributed by atoms with E-state index >= 15 is 0 Å². The molecule has 0 saturated carbocycles. The van der Waals surface area contributed by atoms with Crippen LogP contribution < -0.4 is 21.4 Å². The first kappa shape index (κ1) is 26.1. The summed E-state index contributed by atoms with van der Waals surface area (Å²) < 4.78 is 0.